The van der Waals surface area contributed by atoms with Gasteiger partial charge in [0.05, 0.1) is 12.7 Å². The second-order valence-corrected chi connectivity index (χ2v) is 2.80. The molecule has 4 heteroatoms. The average Bonchev–Trinajstić information content (AvgIpc) is 2.16. The highest BCUT2D eigenvalue weighted by Gasteiger charge is 2.12. The van der Waals surface area contributed by atoms with E-state index in [1.165, 1.54) is 7.11 Å². The Morgan fingerprint density at radius 3 is 2.64 bits per heavy atom. The highest BCUT2D eigenvalue weighted by atomic mass is 35.5. The molecule has 0 aliphatic rings. The lowest BCUT2D eigenvalue weighted by atomic mass is 10.0. The highest BCUT2D eigenvalue weighted by molar-refractivity contribution is 5.92. The molecule has 0 amide bonds. The number of esters is 1. The van der Waals surface area contributed by atoms with Gasteiger partial charge in [0, 0.05) is 6.54 Å². The molecule has 0 heterocycles. The van der Waals surface area contributed by atoms with Gasteiger partial charge in [0.2, 0.25) is 0 Å². The van der Waals surface area contributed by atoms with E-state index in [4.69, 9.17) is 5.73 Å². The molecule has 0 bridgehead atoms. The minimum Gasteiger partial charge on any atom is -0.465 e. The Bertz CT molecular complexity index is 326. The number of hydrogen-bond acceptors (Lipinski definition) is 3. The maximum atomic E-state index is 11.3. The summed E-state index contributed by atoms with van der Waals surface area (Å²) in [5, 5.41) is 0. The summed E-state index contributed by atoms with van der Waals surface area (Å²) in [6.07, 6.45) is 0. The van der Waals surface area contributed by atoms with E-state index in [0.717, 1.165) is 11.1 Å². The van der Waals surface area contributed by atoms with Crippen molar-refractivity contribution in [2.45, 2.75) is 13.5 Å². The third-order valence-electron chi connectivity index (χ3n) is 1.97. The molecule has 0 aliphatic heterocycles. The van der Waals surface area contributed by atoms with Crippen molar-refractivity contribution < 1.29 is 9.53 Å². The molecule has 1 aromatic carbocycles. The van der Waals surface area contributed by atoms with Gasteiger partial charge >= 0.3 is 5.97 Å². The topological polar surface area (TPSA) is 52.3 Å². The minimum atomic E-state index is -0.321. The zero-order valence-corrected chi connectivity index (χ0v) is 9.06. The molecule has 0 aliphatic carbocycles. The minimum absolute atomic E-state index is 0. The summed E-state index contributed by atoms with van der Waals surface area (Å²) in [6.45, 7) is 2.22. The smallest absolute Gasteiger partial charge is 0.338 e. The predicted molar refractivity (Wildman–Crippen MR) is 57.7 cm³/mol. The third kappa shape index (κ3) is 2.47. The molecular formula is C10H14ClNO2. The van der Waals surface area contributed by atoms with Gasteiger partial charge < -0.3 is 10.5 Å². The Morgan fingerprint density at radius 1 is 1.50 bits per heavy atom. The van der Waals surface area contributed by atoms with Gasteiger partial charge in [-0.25, -0.2) is 4.79 Å². The summed E-state index contributed by atoms with van der Waals surface area (Å²) in [5.74, 6) is -0.321. The van der Waals surface area contributed by atoms with Gasteiger partial charge in [-0.3, -0.25) is 0 Å². The van der Waals surface area contributed by atoms with Gasteiger partial charge in [0.15, 0.2) is 0 Å². The van der Waals surface area contributed by atoms with Gasteiger partial charge in [-0.15, -0.1) is 12.4 Å². The number of carbonyl (C=O) groups is 1. The number of methoxy groups -OCH3 is 1. The number of halogens is 1. The van der Waals surface area contributed by atoms with Crippen LogP contribution in [0, 0.1) is 6.92 Å². The molecule has 0 atom stereocenters. The fourth-order valence-corrected chi connectivity index (χ4v) is 1.29. The lowest BCUT2D eigenvalue weighted by molar-refractivity contribution is 0.0598. The summed E-state index contributed by atoms with van der Waals surface area (Å²) in [4.78, 5) is 11.3. The fraction of sp³-hybridized carbons (Fsp3) is 0.300. The quantitative estimate of drug-likeness (QED) is 0.764. The molecule has 2 N–H and O–H groups in total. The summed E-state index contributed by atoms with van der Waals surface area (Å²) in [5.41, 5.74) is 7.82. The third-order valence-corrected chi connectivity index (χ3v) is 1.97. The molecule has 0 radical (unpaired) electrons. The van der Waals surface area contributed by atoms with E-state index >= 15 is 0 Å². The van der Waals surface area contributed by atoms with E-state index in [-0.39, 0.29) is 18.4 Å². The maximum absolute atomic E-state index is 11.3. The second-order valence-electron chi connectivity index (χ2n) is 2.80. The number of nitrogens with two attached hydrogens (primary N) is 1. The van der Waals surface area contributed by atoms with Gasteiger partial charge in [0.25, 0.3) is 0 Å². The van der Waals surface area contributed by atoms with Crippen LogP contribution in [0.15, 0.2) is 18.2 Å². The SMILES string of the molecule is COC(=O)c1c(C)cccc1CN.Cl. The molecule has 0 spiro atoms. The second kappa shape index (κ2) is 5.62. The number of ether oxygens (including phenoxy) is 1. The molecular weight excluding hydrogens is 202 g/mol. The molecule has 0 saturated heterocycles. The largest absolute Gasteiger partial charge is 0.465 e. The van der Waals surface area contributed by atoms with Crippen molar-refractivity contribution in [2.75, 3.05) is 7.11 Å². The Balaban J connectivity index is 0.00000169. The van der Waals surface area contributed by atoms with Crippen LogP contribution in [0.3, 0.4) is 0 Å². The van der Waals surface area contributed by atoms with Crippen LogP contribution in [0.5, 0.6) is 0 Å². The molecule has 0 saturated carbocycles. The van der Waals surface area contributed by atoms with Gasteiger partial charge in [-0.05, 0) is 18.1 Å². The summed E-state index contributed by atoms with van der Waals surface area (Å²) in [6, 6.07) is 5.58. The van der Waals surface area contributed by atoms with Gasteiger partial charge in [0.1, 0.15) is 0 Å². The zero-order chi connectivity index (χ0) is 9.84. The predicted octanol–water partition coefficient (Wildman–Crippen LogP) is 1.66. The normalized spacial score (nSPS) is 9.07. The van der Waals surface area contributed by atoms with E-state index in [0.29, 0.717) is 12.1 Å². The van der Waals surface area contributed by atoms with E-state index in [1.807, 2.05) is 25.1 Å². The van der Waals surface area contributed by atoms with Crippen LogP contribution in [0.1, 0.15) is 21.5 Å². The maximum Gasteiger partial charge on any atom is 0.338 e. The summed E-state index contributed by atoms with van der Waals surface area (Å²) < 4.78 is 4.67. The first-order valence-corrected chi connectivity index (χ1v) is 4.07. The monoisotopic (exact) mass is 215 g/mol. The molecule has 1 aromatic rings. The van der Waals surface area contributed by atoms with E-state index in [2.05, 4.69) is 4.74 Å². The molecule has 3 nitrogen and oxygen atoms in total. The Labute approximate surface area is 89.7 Å². The molecule has 78 valence electrons. The van der Waals surface area contributed by atoms with E-state index < -0.39 is 0 Å². The highest BCUT2D eigenvalue weighted by Crippen LogP contribution is 2.14. The lowest BCUT2D eigenvalue weighted by Gasteiger charge is -2.08. The van der Waals surface area contributed by atoms with Crippen LogP contribution >= 0.6 is 12.4 Å². The van der Waals surface area contributed by atoms with Crippen LogP contribution < -0.4 is 5.73 Å². The molecule has 1 rings (SSSR count). The molecule has 0 unspecified atom stereocenters. The summed E-state index contributed by atoms with van der Waals surface area (Å²) >= 11 is 0. The van der Waals surface area contributed by atoms with Crippen LogP contribution in [-0.4, -0.2) is 13.1 Å². The van der Waals surface area contributed by atoms with Crippen LogP contribution in [0.25, 0.3) is 0 Å². The number of aryl methyl sites for hydroxylation is 1. The standard InChI is InChI=1S/C10H13NO2.ClH/c1-7-4-3-5-8(6-11)9(7)10(12)13-2;/h3-5H,6,11H2,1-2H3;1H. The van der Waals surface area contributed by atoms with E-state index in [1.54, 1.807) is 0 Å². The number of rotatable bonds is 2. The fourth-order valence-electron chi connectivity index (χ4n) is 1.29. The van der Waals surface area contributed by atoms with Gasteiger partial charge in [-0.2, -0.15) is 0 Å². The van der Waals surface area contributed by atoms with Crippen molar-refractivity contribution in [1.82, 2.24) is 0 Å². The van der Waals surface area contributed by atoms with Gasteiger partial charge in [-0.1, -0.05) is 18.2 Å². The first-order valence-electron chi connectivity index (χ1n) is 4.07. The van der Waals surface area contributed by atoms with Crippen molar-refractivity contribution in [2.24, 2.45) is 5.73 Å². The molecule has 14 heavy (non-hydrogen) atoms. The number of carbonyl (C=O) groups excluding carboxylic acids is 1. The van der Waals surface area contributed by atoms with Crippen molar-refractivity contribution in [3.63, 3.8) is 0 Å². The van der Waals surface area contributed by atoms with Crippen molar-refractivity contribution >= 4 is 18.4 Å². The van der Waals surface area contributed by atoms with E-state index in [9.17, 15) is 4.79 Å². The number of benzene rings is 1. The first-order chi connectivity index (χ1) is 6.20. The number of hydrogen-bond donors (Lipinski definition) is 1. The molecule has 0 fully saturated rings. The zero-order valence-electron chi connectivity index (χ0n) is 8.24. The average molecular weight is 216 g/mol. The van der Waals surface area contributed by atoms with Crippen LogP contribution in [0.2, 0.25) is 0 Å². The van der Waals surface area contributed by atoms with Crippen molar-refractivity contribution in [1.29, 1.82) is 0 Å². The Morgan fingerprint density at radius 2 is 2.14 bits per heavy atom. The lowest BCUT2D eigenvalue weighted by Crippen LogP contribution is -2.10. The Kier molecular flexibility index (Phi) is 5.20. The van der Waals surface area contributed by atoms with Crippen molar-refractivity contribution in [3.05, 3.63) is 34.9 Å². The molecule has 0 aromatic heterocycles. The van der Waals surface area contributed by atoms with Crippen LogP contribution in [-0.2, 0) is 11.3 Å². The summed E-state index contributed by atoms with van der Waals surface area (Å²) in [7, 11) is 1.37. The first kappa shape index (κ1) is 12.9. The van der Waals surface area contributed by atoms with Crippen LogP contribution in [0.4, 0.5) is 0 Å². The Hall–Kier alpha value is -1.06. The van der Waals surface area contributed by atoms with Crippen molar-refractivity contribution in [3.8, 4) is 0 Å².